The van der Waals surface area contributed by atoms with Gasteiger partial charge < -0.3 is 16.0 Å². The Kier molecular flexibility index (Phi) is 6.26. The van der Waals surface area contributed by atoms with Gasteiger partial charge in [-0.15, -0.1) is 0 Å². The van der Waals surface area contributed by atoms with Gasteiger partial charge in [-0.25, -0.2) is 4.98 Å². The molecule has 0 radical (unpaired) electrons. The van der Waals surface area contributed by atoms with Crippen molar-refractivity contribution < 1.29 is 22.8 Å². The standard InChI is InChI=1S/C23H24F3N5O2/c1-14(32)27-18-5-2-4-15(12-18)22(33)29-17-10-8-16(9-11-17)28-20-6-3-7-21-30-19(13-31(20)21)23(24,25)26/h2-7,12-13,16-17,28H,8-11H2,1H3,(H,27,32)(H,29,33). The first-order valence-electron chi connectivity index (χ1n) is 10.7. The molecule has 0 bridgehead atoms. The molecule has 1 aromatic carbocycles. The van der Waals surface area contributed by atoms with Crippen LogP contribution in [0.15, 0.2) is 48.7 Å². The van der Waals surface area contributed by atoms with Gasteiger partial charge in [-0.2, -0.15) is 13.2 Å². The Morgan fingerprint density at radius 2 is 1.73 bits per heavy atom. The molecule has 0 unspecified atom stereocenters. The van der Waals surface area contributed by atoms with E-state index < -0.39 is 11.9 Å². The number of carbonyl (C=O) groups excluding carboxylic acids is 2. The number of aromatic nitrogens is 2. The number of fused-ring (bicyclic) bond motifs is 1. The second-order valence-corrected chi connectivity index (χ2v) is 8.19. The summed E-state index contributed by atoms with van der Waals surface area (Å²) in [4.78, 5) is 27.5. The molecule has 10 heteroatoms. The largest absolute Gasteiger partial charge is 0.434 e. The van der Waals surface area contributed by atoms with Gasteiger partial charge in [0, 0.05) is 36.5 Å². The molecule has 1 aliphatic carbocycles. The third-order valence-corrected chi connectivity index (χ3v) is 5.64. The zero-order valence-electron chi connectivity index (χ0n) is 17.9. The van der Waals surface area contributed by atoms with E-state index in [4.69, 9.17) is 0 Å². The van der Waals surface area contributed by atoms with E-state index in [-0.39, 0.29) is 29.5 Å². The number of pyridine rings is 1. The Hall–Kier alpha value is -3.56. The fourth-order valence-corrected chi connectivity index (χ4v) is 4.07. The minimum absolute atomic E-state index is 0.000779. The van der Waals surface area contributed by atoms with E-state index in [9.17, 15) is 22.8 Å². The number of hydrogen-bond acceptors (Lipinski definition) is 4. The van der Waals surface area contributed by atoms with E-state index in [0.29, 0.717) is 17.1 Å². The highest BCUT2D eigenvalue weighted by Crippen LogP contribution is 2.30. The van der Waals surface area contributed by atoms with Gasteiger partial charge in [0.1, 0.15) is 11.5 Å². The van der Waals surface area contributed by atoms with Crippen LogP contribution in [0.1, 0.15) is 48.7 Å². The lowest BCUT2D eigenvalue weighted by Crippen LogP contribution is -2.40. The lowest BCUT2D eigenvalue weighted by Gasteiger charge is -2.30. The number of amides is 2. The average molecular weight is 459 g/mol. The minimum atomic E-state index is -4.50. The van der Waals surface area contributed by atoms with E-state index in [1.165, 1.54) is 17.4 Å². The topological polar surface area (TPSA) is 87.5 Å². The lowest BCUT2D eigenvalue weighted by atomic mass is 9.91. The van der Waals surface area contributed by atoms with Crippen molar-refractivity contribution in [3.8, 4) is 0 Å². The quantitative estimate of drug-likeness (QED) is 0.526. The molecule has 3 aromatic rings. The summed E-state index contributed by atoms with van der Waals surface area (Å²) in [5, 5.41) is 9.01. The molecule has 174 valence electrons. The first-order chi connectivity index (χ1) is 15.7. The highest BCUT2D eigenvalue weighted by molar-refractivity contribution is 5.96. The Balaban J connectivity index is 1.35. The van der Waals surface area contributed by atoms with Crippen LogP contribution in [0.4, 0.5) is 24.7 Å². The Morgan fingerprint density at radius 1 is 1.03 bits per heavy atom. The van der Waals surface area contributed by atoms with Crippen molar-refractivity contribution in [3.63, 3.8) is 0 Å². The maximum absolute atomic E-state index is 13.0. The highest BCUT2D eigenvalue weighted by Gasteiger charge is 2.34. The molecule has 7 nitrogen and oxygen atoms in total. The molecule has 2 amide bonds. The number of benzene rings is 1. The maximum atomic E-state index is 13.0. The number of alkyl halides is 3. The normalized spacial score (nSPS) is 18.7. The number of nitrogens with one attached hydrogen (secondary N) is 3. The second kappa shape index (κ2) is 9.13. The molecule has 0 saturated heterocycles. The van der Waals surface area contributed by atoms with Crippen molar-refractivity contribution >= 4 is 29.0 Å². The van der Waals surface area contributed by atoms with Gasteiger partial charge in [0.15, 0.2) is 5.69 Å². The lowest BCUT2D eigenvalue weighted by molar-refractivity contribution is -0.140. The maximum Gasteiger partial charge on any atom is 0.434 e. The van der Waals surface area contributed by atoms with E-state index in [1.54, 1.807) is 36.4 Å². The molecule has 3 N–H and O–H groups in total. The van der Waals surface area contributed by atoms with Crippen LogP contribution in [0, 0.1) is 0 Å². The van der Waals surface area contributed by atoms with Crippen LogP contribution < -0.4 is 16.0 Å². The highest BCUT2D eigenvalue weighted by atomic mass is 19.4. The summed E-state index contributed by atoms with van der Waals surface area (Å²) in [6, 6.07) is 11.8. The molecular weight excluding hydrogens is 435 g/mol. The third kappa shape index (κ3) is 5.44. The number of rotatable bonds is 5. The Labute approximate surface area is 188 Å². The number of anilines is 2. The van der Waals surface area contributed by atoms with E-state index >= 15 is 0 Å². The van der Waals surface area contributed by atoms with Crippen LogP contribution in [0.2, 0.25) is 0 Å². The molecule has 33 heavy (non-hydrogen) atoms. The van der Waals surface area contributed by atoms with E-state index in [1.807, 2.05) is 0 Å². The van der Waals surface area contributed by atoms with Gasteiger partial charge >= 0.3 is 6.18 Å². The molecular formula is C23H24F3N5O2. The molecule has 0 aliphatic heterocycles. The summed E-state index contributed by atoms with van der Waals surface area (Å²) in [5.74, 6) is 0.138. The number of nitrogens with zero attached hydrogens (tertiary/aromatic N) is 2. The van der Waals surface area contributed by atoms with Crippen LogP contribution in [0.5, 0.6) is 0 Å². The molecule has 1 aliphatic rings. The molecule has 0 spiro atoms. The number of hydrogen-bond donors (Lipinski definition) is 3. The Morgan fingerprint density at radius 3 is 2.42 bits per heavy atom. The van der Waals surface area contributed by atoms with Crippen LogP contribution in [-0.2, 0) is 11.0 Å². The van der Waals surface area contributed by atoms with Crippen molar-refractivity contribution in [3.05, 3.63) is 59.9 Å². The number of carbonyl (C=O) groups is 2. The second-order valence-electron chi connectivity index (χ2n) is 8.19. The fraction of sp³-hybridized carbons (Fsp3) is 0.348. The van der Waals surface area contributed by atoms with E-state index in [0.717, 1.165) is 31.9 Å². The summed E-state index contributed by atoms with van der Waals surface area (Å²) in [6.45, 7) is 1.40. The van der Waals surface area contributed by atoms with Gasteiger partial charge in [0.25, 0.3) is 5.91 Å². The van der Waals surface area contributed by atoms with Gasteiger partial charge in [0.2, 0.25) is 5.91 Å². The Bertz CT molecular complexity index is 1170. The van der Waals surface area contributed by atoms with Gasteiger partial charge in [0.05, 0.1) is 0 Å². The summed E-state index contributed by atoms with van der Waals surface area (Å²) in [7, 11) is 0. The van der Waals surface area contributed by atoms with Crippen LogP contribution >= 0.6 is 0 Å². The summed E-state index contributed by atoms with van der Waals surface area (Å²) < 4.78 is 40.5. The zero-order valence-corrected chi connectivity index (χ0v) is 17.9. The van der Waals surface area contributed by atoms with Gasteiger partial charge in [-0.1, -0.05) is 12.1 Å². The van der Waals surface area contributed by atoms with Crippen molar-refractivity contribution in [2.24, 2.45) is 0 Å². The number of imidazole rings is 1. The van der Waals surface area contributed by atoms with Crippen molar-refractivity contribution in [2.45, 2.75) is 50.9 Å². The molecule has 1 fully saturated rings. The zero-order chi connectivity index (χ0) is 23.6. The van der Waals surface area contributed by atoms with Crippen molar-refractivity contribution in [2.75, 3.05) is 10.6 Å². The van der Waals surface area contributed by atoms with Crippen LogP contribution in [0.25, 0.3) is 5.65 Å². The predicted molar refractivity (Wildman–Crippen MR) is 118 cm³/mol. The monoisotopic (exact) mass is 459 g/mol. The average Bonchev–Trinajstić information content (AvgIpc) is 3.21. The molecule has 1 saturated carbocycles. The van der Waals surface area contributed by atoms with Crippen LogP contribution in [-0.4, -0.2) is 33.3 Å². The van der Waals surface area contributed by atoms with Gasteiger partial charge in [-0.3, -0.25) is 14.0 Å². The van der Waals surface area contributed by atoms with Crippen molar-refractivity contribution in [1.29, 1.82) is 0 Å². The predicted octanol–water partition coefficient (Wildman–Crippen LogP) is 4.46. The summed E-state index contributed by atoms with van der Waals surface area (Å²) in [6.07, 6.45) is -0.507. The third-order valence-electron chi connectivity index (χ3n) is 5.64. The first-order valence-corrected chi connectivity index (χ1v) is 10.7. The van der Waals surface area contributed by atoms with Crippen molar-refractivity contribution in [1.82, 2.24) is 14.7 Å². The molecule has 0 atom stereocenters. The molecule has 4 rings (SSSR count). The summed E-state index contributed by atoms with van der Waals surface area (Å²) >= 11 is 0. The van der Waals surface area contributed by atoms with Gasteiger partial charge in [-0.05, 0) is 56.0 Å². The summed E-state index contributed by atoms with van der Waals surface area (Å²) in [5.41, 5.74) is 0.333. The fourth-order valence-electron chi connectivity index (χ4n) is 4.07. The SMILES string of the molecule is CC(=O)Nc1cccc(C(=O)NC2CCC(Nc3cccc4nc(C(F)(F)F)cn34)CC2)c1. The number of halogens is 3. The molecule has 2 aromatic heterocycles. The molecule has 2 heterocycles. The smallest absolute Gasteiger partial charge is 0.368 e. The van der Waals surface area contributed by atoms with E-state index in [2.05, 4.69) is 20.9 Å². The first kappa shape index (κ1) is 22.6. The van der Waals surface area contributed by atoms with Crippen LogP contribution in [0.3, 0.4) is 0 Å². The minimum Gasteiger partial charge on any atom is -0.368 e.